The summed E-state index contributed by atoms with van der Waals surface area (Å²) >= 11 is 11.7. The van der Waals surface area contributed by atoms with Crippen molar-refractivity contribution in [1.82, 2.24) is 10.4 Å². The molecule has 0 saturated heterocycles. The Balaban J connectivity index is 1.66. The molecular formula is C17H11Cl2N3O2. The molecular weight excluding hydrogens is 349 g/mol. The number of nitrogens with zero attached hydrogens (tertiary/aromatic N) is 2. The number of aromatic nitrogens is 1. The Hall–Kier alpha value is -2.63. The van der Waals surface area contributed by atoms with Crippen LogP contribution >= 0.6 is 23.2 Å². The largest absolute Gasteiger partial charge is 0.455 e. The standard InChI is InChI=1S/C17H11Cl2N3O2/c18-12-5-3-11(4-6-12)15-8-7-13(24-15)10-21-22-17(23)14-2-1-9-20-16(14)19/h1-10H,(H,22,23). The summed E-state index contributed by atoms with van der Waals surface area (Å²) in [7, 11) is 0. The number of amides is 1. The van der Waals surface area contributed by atoms with E-state index in [4.69, 9.17) is 27.6 Å². The maximum Gasteiger partial charge on any atom is 0.274 e. The molecule has 0 radical (unpaired) electrons. The van der Waals surface area contributed by atoms with Crippen LogP contribution in [-0.2, 0) is 0 Å². The molecule has 0 atom stereocenters. The molecule has 3 rings (SSSR count). The maximum absolute atomic E-state index is 11.9. The highest BCUT2D eigenvalue weighted by Gasteiger charge is 2.09. The molecule has 2 aromatic heterocycles. The number of hydrogen-bond acceptors (Lipinski definition) is 4. The zero-order chi connectivity index (χ0) is 16.9. The first-order chi connectivity index (χ1) is 11.6. The van der Waals surface area contributed by atoms with E-state index in [0.29, 0.717) is 16.5 Å². The van der Waals surface area contributed by atoms with Crippen LogP contribution in [0.1, 0.15) is 16.1 Å². The first-order valence-corrected chi connectivity index (χ1v) is 7.69. The van der Waals surface area contributed by atoms with Crippen molar-refractivity contribution in [3.05, 3.63) is 76.2 Å². The van der Waals surface area contributed by atoms with Crippen molar-refractivity contribution in [1.29, 1.82) is 0 Å². The molecule has 24 heavy (non-hydrogen) atoms. The third-order valence-electron chi connectivity index (χ3n) is 3.12. The van der Waals surface area contributed by atoms with Crippen molar-refractivity contribution in [2.75, 3.05) is 0 Å². The number of benzene rings is 1. The van der Waals surface area contributed by atoms with Gasteiger partial charge in [-0.2, -0.15) is 5.10 Å². The lowest BCUT2D eigenvalue weighted by atomic mass is 10.2. The van der Waals surface area contributed by atoms with Gasteiger partial charge in [-0.1, -0.05) is 23.2 Å². The summed E-state index contributed by atoms with van der Waals surface area (Å²) in [6.45, 7) is 0. The second-order valence-electron chi connectivity index (χ2n) is 4.75. The summed E-state index contributed by atoms with van der Waals surface area (Å²) in [5.41, 5.74) is 3.51. The van der Waals surface area contributed by atoms with Gasteiger partial charge in [0.2, 0.25) is 0 Å². The zero-order valence-corrected chi connectivity index (χ0v) is 13.8. The van der Waals surface area contributed by atoms with Gasteiger partial charge in [-0.3, -0.25) is 4.79 Å². The molecule has 120 valence electrons. The minimum absolute atomic E-state index is 0.119. The fourth-order valence-electron chi connectivity index (χ4n) is 1.96. The van der Waals surface area contributed by atoms with Crippen LogP contribution in [0.15, 0.2) is 64.2 Å². The van der Waals surface area contributed by atoms with Gasteiger partial charge in [-0.25, -0.2) is 10.4 Å². The van der Waals surface area contributed by atoms with Crippen LogP contribution < -0.4 is 5.43 Å². The molecule has 5 nitrogen and oxygen atoms in total. The van der Waals surface area contributed by atoms with Gasteiger partial charge in [0.25, 0.3) is 5.91 Å². The smallest absolute Gasteiger partial charge is 0.274 e. The highest BCUT2D eigenvalue weighted by atomic mass is 35.5. The average molecular weight is 360 g/mol. The number of halogens is 2. The van der Waals surface area contributed by atoms with Crippen LogP contribution in [0.5, 0.6) is 0 Å². The fourth-order valence-corrected chi connectivity index (χ4v) is 2.29. The second kappa shape index (κ2) is 7.29. The molecule has 1 aromatic carbocycles. The summed E-state index contributed by atoms with van der Waals surface area (Å²) in [4.78, 5) is 15.8. The van der Waals surface area contributed by atoms with Gasteiger partial charge < -0.3 is 4.42 Å². The first-order valence-electron chi connectivity index (χ1n) is 6.93. The van der Waals surface area contributed by atoms with Crippen molar-refractivity contribution in [3.63, 3.8) is 0 Å². The van der Waals surface area contributed by atoms with E-state index in [9.17, 15) is 4.79 Å². The van der Waals surface area contributed by atoms with E-state index in [1.807, 2.05) is 18.2 Å². The average Bonchev–Trinajstić information content (AvgIpc) is 3.04. The summed E-state index contributed by atoms with van der Waals surface area (Å²) in [6.07, 6.45) is 2.91. The number of carbonyl (C=O) groups is 1. The molecule has 0 aliphatic heterocycles. The topological polar surface area (TPSA) is 67.5 Å². The molecule has 3 aromatic rings. The summed E-state index contributed by atoms with van der Waals surface area (Å²) < 4.78 is 5.64. The fraction of sp³-hybridized carbons (Fsp3) is 0. The van der Waals surface area contributed by atoms with E-state index in [1.54, 1.807) is 30.3 Å². The van der Waals surface area contributed by atoms with Crippen molar-refractivity contribution in [3.8, 4) is 11.3 Å². The summed E-state index contributed by atoms with van der Waals surface area (Å²) in [6, 6.07) is 14.0. The van der Waals surface area contributed by atoms with E-state index in [0.717, 1.165) is 5.56 Å². The predicted octanol–water partition coefficient (Wildman–Crippen LogP) is 4.41. The van der Waals surface area contributed by atoms with Crippen LogP contribution in [0.4, 0.5) is 0 Å². The van der Waals surface area contributed by atoms with Gasteiger partial charge in [-0.05, 0) is 48.5 Å². The number of rotatable bonds is 4. The molecule has 2 heterocycles. The normalized spacial score (nSPS) is 10.9. The van der Waals surface area contributed by atoms with E-state index in [1.165, 1.54) is 12.4 Å². The molecule has 0 bridgehead atoms. The Morgan fingerprint density at radius 3 is 2.67 bits per heavy atom. The third-order valence-corrected chi connectivity index (χ3v) is 3.67. The van der Waals surface area contributed by atoms with Gasteiger partial charge in [0, 0.05) is 16.8 Å². The number of hydrazone groups is 1. The van der Waals surface area contributed by atoms with Crippen LogP contribution in [0.25, 0.3) is 11.3 Å². The van der Waals surface area contributed by atoms with Crippen LogP contribution in [0.3, 0.4) is 0 Å². The Morgan fingerprint density at radius 1 is 1.12 bits per heavy atom. The lowest BCUT2D eigenvalue weighted by molar-refractivity contribution is 0.0955. The van der Waals surface area contributed by atoms with Gasteiger partial charge >= 0.3 is 0 Å². The zero-order valence-electron chi connectivity index (χ0n) is 12.2. The Labute approximate surface area is 147 Å². The molecule has 0 fully saturated rings. The van der Waals surface area contributed by atoms with E-state index < -0.39 is 5.91 Å². The maximum atomic E-state index is 11.9. The first kappa shape index (κ1) is 16.2. The number of nitrogens with one attached hydrogen (secondary N) is 1. The minimum atomic E-state index is -0.450. The van der Waals surface area contributed by atoms with Crippen LogP contribution in [-0.4, -0.2) is 17.1 Å². The highest BCUT2D eigenvalue weighted by Crippen LogP contribution is 2.23. The Bertz CT molecular complexity index is 889. The van der Waals surface area contributed by atoms with Crippen LogP contribution in [0.2, 0.25) is 10.2 Å². The van der Waals surface area contributed by atoms with E-state index >= 15 is 0 Å². The van der Waals surface area contributed by atoms with Crippen molar-refractivity contribution >= 4 is 35.3 Å². The SMILES string of the molecule is O=C(NN=Cc1ccc(-c2ccc(Cl)cc2)o1)c1cccnc1Cl. The van der Waals surface area contributed by atoms with Gasteiger partial charge in [0.05, 0.1) is 11.8 Å². The van der Waals surface area contributed by atoms with E-state index in [-0.39, 0.29) is 10.7 Å². The van der Waals surface area contributed by atoms with E-state index in [2.05, 4.69) is 15.5 Å². The lowest BCUT2D eigenvalue weighted by Gasteiger charge is -2.00. The highest BCUT2D eigenvalue weighted by molar-refractivity contribution is 6.32. The monoisotopic (exact) mass is 359 g/mol. The predicted molar refractivity (Wildman–Crippen MR) is 93.5 cm³/mol. The molecule has 0 aliphatic rings. The van der Waals surface area contributed by atoms with Gasteiger partial charge in [0.15, 0.2) is 0 Å². The van der Waals surface area contributed by atoms with Crippen molar-refractivity contribution in [2.24, 2.45) is 5.10 Å². The number of hydrogen-bond donors (Lipinski definition) is 1. The lowest BCUT2D eigenvalue weighted by Crippen LogP contribution is -2.18. The Morgan fingerprint density at radius 2 is 1.92 bits per heavy atom. The van der Waals surface area contributed by atoms with Gasteiger partial charge in [0.1, 0.15) is 16.7 Å². The molecule has 7 heteroatoms. The molecule has 1 N–H and O–H groups in total. The number of furan rings is 1. The summed E-state index contributed by atoms with van der Waals surface area (Å²) in [5, 5.41) is 4.63. The quantitative estimate of drug-likeness (QED) is 0.426. The Kier molecular flexibility index (Phi) is 4.93. The third kappa shape index (κ3) is 3.82. The molecule has 1 amide bonds. The number of pyridine rings is 1. The van der Waals surface area contributed by atoms with Crippen molar-refractivity contribution < 1.29 is 9.21 Å². The molecule has 0 spiro atoms. The minimum Gasteiger partial charge on any atom is -0.455 e. The summed E-state index contributed by atoms with van der Waals surface area (Å²) in [5.74, 6) is 0.723. The second-order valence-corrected chi connectivity index (χ2v) is 5.54. The molecule has 0 saturated carbocycles. The van der Waals surface area contributed by atoms with Crippen LogP contribution in [0, 0.1) is 0 Å². The number of carbonyl (C=O) groups excluding carboxylic acids is 1. The van der Waals surface area contributed by atoms with Gasteiger partial charge in [-0.15, -0.1) is 0 Å². The van der Waals surface area contributed by atoms with Crippen molar-refractivity contribution in [2.45, 2.75) is 0 Å². The molecule has 0 unspecified atom stereocenters. The molecule has 0 aliphatic carbocycles.